The predicted molar refractivity (Wildman–Crippen MR) is 74.7 cm³/mol. The summed E-state index contributed by atoms with van der Waals surface area (Å²) in [4.78, 5) is 12.3. The summed E-state index contributed by atoms with van der Waals surface area (Å²) >= 11 is 0. The van der Waals surface area contributed by atoms with E-state index in [4.69, 9.17) is 9.47 Å². The fourth-order valence-corrected chi connectivity index (χ4v) is 1.67. The summed E-state index contributed by atoms with van der Waals surface area (Å²) in [7, 11) is 0. The molecule has 0 amide bonds. The van der Waals surface area contributed by atoms with Crippen LogP contribution in [-0.4, -0.2) is 30.7 Å². The van der Waals surface area contributed by atoms with Crippen LogP contribution in [0.1, 0.15) is 55.4 Å². The Morgan fingerprint density at radius 1 is 1.00 bits per heavy atom. The maximum atomic E-state index is 12.3. The number of rotatable bonds is 8. The minimum Gasteiger partial charge on any atom is -0.378 e. The van der Waals surface area contributed by atoms with Crippen LogP contribution < -0.4 is 0 Å². The van der Waals surface area contributed by atoms with Gasteiger partial charge in [-0.1, -0.05) is 27.7 Å². The van der Waals surface area contributed by atoms with Gasteiger partial charge in [-0.25, -0.2) is 0 Å². The fraction of sp³-hybridized carbons (Fsp3) is 0.933. The van der Waals surface area contributed by atoms with Crippen LogP contribution in [0.4, 0.5) is 0 Å². The van der Waals surface area contributed by atoms with Crippen molar-refractivity contribution < 1.29 is 14.3 Å². The molecule has 0 heterocycles. The standard InChI is InChI=1S/C15H30O3/c1-10(2)13(16)14(18-12(5)6)15(7,8)9-17-11(3)4/h10-12,14H,9H2,1-8H3. The maximum absolute atomic E-state index is 12.3. The second kappa shape index (κ2) is 7.25. The van der Waals surface area contributed by atoms with Crippen molar-refractivity contribution >= 4 is 5.78 Å². The van der Waals surface area contributed by atoms with Crippen LogP contribution in [0.3, 0.4) is 0 Å². The quantitative estimate of drug-likeness (QED) is 0.669. The van der Waals surface area contributed by atoms with Crippen molar-refractivity contribution in [2.24, 2.45) is 11.3 Å². The highest BCUT2D eigenvalue weighted by Gasteiger charge is 2.38. The van der Waals surface area contributed by atoms with Crippen molar-refractivity contribution in [1.82, 2.24) is 0 Å². The molecule has 0 fully saturated rings. The van der Waals surface area contributed by atoms with Crippen molar-refractivity contribution in [1.29, 1.82) is 0 Å². The third kappa shape index (κ3) is 5.96. The van der Waals surface area contributed by atoms with E-state index < -0.39 is 6.10 Å². The molecule has 0 aliphatic heterocycles. The van der Waals surface area contributed by atoms with Crippen molar-refractivity contribution in [3.63, 3.8) is 0 Å². The van der Waals surface area contributed by atoms with Gasteiger partial charge in [0, 0.05) is 11.3 Å². The Morgan fingerprint density at radius 2 is 1.50 bits per heavy atom. The third-order valence-electron chi connectivity index (χ3n) is 2.73. The molecular weight excluding hydrogens is 228 g/mol. The smallest absolute Gasteiger partial charge is 0.164 e. The van der Waals surface area contributed by atoms with Crippen LogP contribution in [0.15, 0.2) is 0 Å². The summed E-state index contributed by atoms with van der Waals surface area (Å²) in [5.74, 6) is 0.133. The van der Waals surface area contributed by atoms with Gasteiger partial charge in [0.15, 0.2) is 5.78 Å². The van der Waals surface area contributed by atoms with Crippen LogP contribution in [0.25, 0.3) is 0 Å². The largest absolute Gasteiger partial charge is 0.378 e. The zero-order valence-corrected chi connectivity index (χ0v) is 13.2. The number of hydrogen-bond acceptors (Lipinski definition) is 3. The molecule has 0 aromatic rings. The first-order valence-corrected chi connectivity index (χ1v) is 6.88. The lowest BCUT2D eigenvalue weighted by Gasteiger charge is -2.35. The Bertz CT molecular complexity index is 254. The first-order valence-electron chi connectivity index (χ1n) is 6.88. The van der Waals surface area contributed by atoms with Crippen molar-refractivity contribution in [3.05, 3.63) is 0 Å². The monoisotopic (exact) mass is 258 g/mol. The summed E-state index contributed by atoms with van der Waals surface area (Å²) in [5.41, 5.74) is -0.310. The molecule has 0 radical (unpaired) electrons. The molecule has 108 valence electrons. The molecule has 3 heteroatoms. The van der Waals surface area contributed by atoms with Gasteiger partial charge < -0.3 is 9.47 Å². The average Bonchev–Trinajstić information content (AvgIpc) is 2.21. The minimum atomic E-state index is -0.406. The normalized spacial score (nSPS) is 14.6. The molecule has 0 saturated heterocycles. The zero-order chi connectivity index (χ0) is 14.5. The molecule has 0 aromatic carbocycles. The Balaban J connectivity index is 4.86. The molecule has 0 aliphatic rings. The molecule has 1 unspecified atom stereocenters. The fourth-order valence-electron chi connectivity index (χ4n) is 1.67. The van der Waals surface area contributed by atoms with Crippen molar-refractivity contribution in [3.8, 4) is 0 Å². The Hall–Kier alpha value is -0.410. The summed E-state index contributed by atoms with van der Waals surface area (Å²) in [6.07, 6.45) is -0.203. The molecule has 18 heavy (non-hydrogen) atoms. The van der Waals surface area contributed by atoms with Crippen LogP contribution in [0.2, 0.25) is 0 Å². The van der Waals surface area contributed by atoms with Gasteiger partial charge in [0.25, 0.3) is 0 Å². The van der Waals surface area contributed by atoms with Crippen LogP contribution in [-0.2, 0) is 14.3 Å². The third-order valence-corrected chi connectivity index (χ3v) is 2.73. The van der Waals surface area contributed by atoms with Gasteiger partial charge in [0.1, 0.15) is 6.10 Å². The molecule has 0 bridgehead atoms. The first kappa shape index (κ1) is 17.6. The first-order chi connectivity index (χ1) is 8.08. The van der Waals surface area contributed by atoms with E-state index >= 15 is 0 Å². The summed E-state index contributed by atoms with van der Waals surface area (Å²) in [6.45, 7) is 16.3. The van der Waals surface area contributed by atoms with E-state index in [1.54, 1.807) is 0 Å². The summed E-state index contributed by atoms with van der Waals surface area (Å²) in [5, 5.41) is 0. The topological polar surface area (TPSA) is 35.5 Å². The predicted octanol–water partition coefficient (Wildman–Crippen LogP) is 3.46. The molecule has 0 aromatic heterocycles. The van der Waals surface area contributed by atoms with Gasteiger partial charge in [-0.05, 0) is 27.7 Å². The van der Waals surface area contributed by atoms with Gasteiger partial charge in [-0.15, -0.1) is 0 Å². The molecule has 0 spiro atoms. The van der Waals surface area contributed by atoms with E-state index in [1.165, 1.54) is 0 Å². The highest BCUT2D eigenvalue weighted by atomic mass is 16.5. The van der Waals surface area contributed by atoms with Crippen LogP contribution in [0, 0.1) is 11.3 Å². The second-order valence-corrected chi connectivity index (χ2v) is 6.47. The van der Waals surface area contributed by atoms with Crippen LogP contribution >= 0.6 is 0 Å². The molecule has 3 nitrogen and oxygen atoms in total. The van der Waals surface area contributed by atoms with Crippen molar-refractivity contribution in [2.75, 3.05) is 6.61 Å². The molecule has 0 aliphatic carbocycles. The maximum Gasteiger partial charge on any atom is 0.164 e. The van der Waals surface area contributed by atoms with E-state index in [1.807, 2.05) is 55.4 Å². The Labute approximate surface area is 112 Å². The Kier molecular flexibility index (Phi) is 7.08. The number of ether oxygens (including phenoxy) is 2. The summed E-state index contributed by atoms with van der Waals surface area (Å²) < 4.78 is 11.5. The molecule has 0 saturated carbocycles. The molecule has 0 N–H and O–H groups in total. The lowest BCUT2D eigenvalue weighted by molar-refractivity contribution is -0.152. The van der Waals surface area contributed by atoms with Gasteiger partial charge in [0.2, 0.25) is 0 Å². The van der Waals surface area contributed by atoms with E-state index in [0.29, 0.717) is 6.61 Å². The van der Waals surface area contributed by atoms with Gasteiger partial charge in [-0.3, -0.25) is 4.79 Å². The van der Waals surface area contributed by atoms with Gasteiger partial charge >= 0.3 is 0 Å². The number of carbonyl (C=O) groups excluding carboxylic acids is 1. The molecular formula is C15H30O3. The van der Waals surface area contributed by atoms with E-state index in [0.717, 1.165) is 0 Å². The van der Waals surface area contributed by atoms with Crippen LogP contribution in [0.5, 0.6) is 0 Å². The average molecular weight is 258 g/mol. The number of hydrogen-bond donors (Lipinski definition) is 0. The van der Waals surface area contributed by atoms with E-state index in [9.17, 15) is 4.79 Å². The lowest BCUT2D eigenvalue weighted by atomic mass is 9.82. The van der Waals surface area contributed by atoms with Gasteiger partial charge in [-0.2, -0.15) is 0 Å². The number of ketones is 1. The highest BCUT2D eigenvalue weighted by molar-refractivity contribution is 5.85. The Morgan fingerprint density at radius 3 is 1.83 bits per heavy atom. The number of carbonyl (C=O) groups is 1. The zero-order valence-electron chi connectivity index (χ0n) is 13.2. The second-order valence-electron chi connectivity index (χ2n) is 6.47. The molecule has 1 atom stereocenters. The highest BCUT2D eigenvalue weighted by Crippen LogP contribution is 2.28. The molecule has 0 rings (SSSR count). The lowest BCUT2D eigenvalue weighted by Crippen LogP contribution is -2.45. The van der Waals surface area contributed by atoms with Crippen molar-refractivity contribution in [2.45, 2.75) is 73.7 Å². The SMILES string of the molecule is CC(C)OCC(C)(C)C(OC(C)C)C(=O)C(C)C. The van der Waals surface area contributed by atoms with E-state index in [-0.39, 0.29) is 29.3 Å². The number of Topliss-reactive ketones (excluding diaryl/α,β-unsaturated/α-hetero) is 1. The van der Waals surface area contributed by atoms with E-state index in [2.05, 4.69) is 0 Å². The van der Waals surface area contributed by atoms with Gasteiger partial charge in [0.05, 0.1) is 18.8 Å². The summed E-state index contributed by atoms with van der Waals surface area (Å²) in [6, 6.07) is 0. The minimum absolute atomic E-state index is 0.0212.